The lowest BCUT2D eigenvalue weighted by Gasteiger charge is -2.17. The average molecular weight is 332 g/mol. The molecule has 0 bridgehead atoms. The lowest BCUT2D eigenvalue weighted by molar-refractivity contribution is 0.0743. The maximum Gasteiger partial charge on any atom is 0.268 e. The Bertz CT molecular complexity index is 802. The fourth-order valence-electron chi connectivity index (χ4n) is 2.45. The average Bonchev–Trinajstić information content (AvgIpc) is 2.68. The summed E-state index contributed by atoms with van der Waals surface area (Å²) < 4.78 is 5.76. The SMILES string of the molecule is NN(Cc1ccc(OCc2ccccc2)cc1)C(=O)c1ccccc1. The first-order valence-electron chi connectivity index (χ1n) is 8.09. The van der Waals surface area contributed by atoms with Crippen molar-refractivity contribution in [3.05, 3.63) is 102 Å². The zero-order valence-corrected chi connectivity index (χ0v) is 13.8. The van der Waals surface area contributed by atoms with Gasteiger partial charge in [-0.3, -0.25) is 9.80 Å². The molecule has 0 aliphatic heterocycles. The second-order valence-corrected chi connectivity index (χ2v) is 5.72. The van der Waals surface area contributed by atoms with Gasteiger partial charge in [-0.2, -0.15) is 0 Å². The van der Waals surface area contributed by atoms with Gasteiger partial charge >= 0.3 is 0 Å². The molecular weight excluding hydrogens is 312 g/mol. The lowest BCUT2D eigenvalue weighted by Crippen LogP contribution is -2.36. The molecule has 1 amide bonds. The molecule has 2 N–H and O–H groups in total. The van der Waals surface area contributed by atoms with E-state index in [4.69, 9.17) is 10.6 Å². The molecule has 3 rings (SSSR count). The molecule has 0 radical (unpaired) electrons. The van der Waals surface area contributed by atoms with Crippen molar-refractivity contribution in [3.8, 4) is 5.75 Å². The number of hydrogen-bond donors (Lipinski definition) is 1. The van der Waals surface area contributed by atoms with Gasteiger partial charge in [0.15, 0.2) is 0 Å². The minimum atomic E-state index is -0.204. The van der Waals surface area contributed by atoms with Crippen molar-refractivity contribution in [2.75, 3.05) is 0 Å². The van der Waals surface area contributed by atoms with Gasteiger partial charge in [-0.1, -0.05) is 60.7 Å². The van der Waals surface area contributed by atoms with Crippen LogP contribution in [-0.4, -0.2) is 10.9 Å². The van der Waals surface area contributed by atoms with Crippen LogP contribution >= 0.6 is 0 Å². The van der Waals surface area contributed by atoms with Gasteiger partial charge in [0.2, 0.25) is 0 Å². The normalized spacial score (nSPS) is 10.3. The third-order valence-electron chi connectivity index (χ3n) is 3.81. The number of hydrogen-bond acceptors (Lipinski definition) is 3. The molecule has 0 heterocycles. The van der Waals surface area contributed by atoms with Crippen LogP contribution in [0.2, 0.25) is 0 Å². The van der Waals surface area contributed by atoms with E-state index in [1.807, 2.05) is 72.8 Å². The third-order valence-corrected chi connectivity index (χ3v) is 3.81. The molecule has 4 nitrogen and oxygen atoms in total. The van der Waals surface area contributed by atoms with Crippen molar-refractivity contribution in [1.82, 2.24) is 5.01 Å². The van der Waals surface area contributed by atoms with E-state index in [2.05, 4.69) is 0 Å². The van der Waals surface area contributed by atoms with Crippen LogP contribution in [0, 0.1) is 0 Å². The van der Waals surface area contributed by atoms with Gasteiger partial charge in [0.1, 0.15) is 12.4 Å². The summed E-state index contributed by atoms with van der Waals surface area (Å²) in [6.45, 7) is 0.863. The van der Waals surface area contributed by atoms with E-state index in [-0.39, 0.29) is 5.91 Å². The second-order valence-electron chi connectivity index (χ2n) is 5.72. The first kappa shape index (κ1) is 16.7. The van der Waals surface area contributed by atoms with Crippen LogP contribution in [-0.2, 0) is 13.2 Å². The number of ether oxygens (including phenoxy) is 1. The van der Waals surface area contributed by atoms with Gasteiger partial charge in [-0.25, -0.2) is 5.84 Å². The molecule has 3 aromatic carbocycles. The summed E-state index contributed by atoms with van der Waals surface area (Å²) in [7, 11) is 0. The molecule has 25 heavy (non-hydrogen) atoms. The van der Waals surface area contributed by atoms with Crippen LogP contribution in [0.15, 0.2) is 84.9 Å². The fraction of sp³-hybridized carbons (Fsp3) is 0.0952. The van der Waals surface area contributed by atoms with Crippen LogP contribution < -0.4 is 10.6 Å². The third kappa shape index (κ3) is 4.68. The van der Waals surface area contributed by atoms with Crippen molar-refractivity contribution < 1.29 is 9.53 Å². The Kier molecular flexibility index (Phi) is 5.44. The molecule has 0 saturated heterocycles. The van der Waals surface area contributed by atoms with Gasteiger partial charge in [0.05, 0.1) is 6.54 Å². The van der Waals surface area contributed by atoms with Crippen molar-refractivity contribution in [3.63, 3.8) is 0 Å². The van der Waals surface area contributed by atoms with Gasteiger partial charge in [0, 0.05) is 5.56 Å². The maximum atomic E-state index is 12.3. The minimum Gasteiger partial charge on any atom is -0.489 e. The Hall–Kier alpha value is -3.11. The highest BCUT2D eigenvalue weighted by Crippen LogP contribution is 2.15. The monoisotopic (exact) mass is 332 g/mol. The van der Waals surface area contributed by atoms with Gasteiger partial charge in [-0.15, -0.1) is 0 Å². The Balaban J connectivity index is 1.56. The number of carbonyl (C=O) groups is 1. The van der Waals surface area contributed by atoms with E-state index in [9.17, 15) is 4.79 Å². The Morgan fingerprint density at radius 3 is 2.04 bits per heavy atom. The minimum absolute atomic E-state index is 0.204. The van der Waals surface area contributed by atoms with E-state index >= 15 is 0 Å². The lowest BCUT2D eigenvalue weighted by atomic mass is 10.2. The molecule has 4 heteroatoms. The molecule has 3 aromatic rings. The van der Waals surface area contributed by atoms with Crippen LogP contribution in [0.5, 0.6) is 5.75 Å². The van der Waals surface area contributed by atoms with Crippen LogP contribution in [0.3, 0.4) is 0 Å². The molecular formula is C21H20N2O2. The molecule has 0 aromatic heterocycles. The van der Waals surface area contributed by atoms with Gasteiger partial charge in [0.25, 0.3) is 5.91 Å². The smallest absolute Gasteiger partial charge is 0.268 e. The van der Waals surface area contributed by atoms with Crippen molar-refractivity contribution >= 4 is 5.91 Å². The van der Waals surface area contributed by atoms with E-state index in [0.717, 1.165) is 16.9 Å². The summed E-state index contributed by atoms with van der Waals surface area (Å²) in [6, 6.07) is 26.6. The summed E-state index contributed by atoms with van der Waals surface area (Å²) in [4.78, 5) is 12.3. The molecule has 0 aliphatic carbocycles. The Morgan fingerprint density at radius 2 is 1.40 bits per heavy atom. The number of hydrazine groups is 1. The van der Waals surface area contributed by atoms with Crippen molar-refractivity contribution in [2.45, 2.75) is 13.2 Å². The predicted octanol–water partition coefficient (Wildman–Crippen LogP) is 3.78. The fourth-order valence-corrected chi connectivity index (χ4v) is 2.45. The number of amides is 1. The second kappa shape index (κ2) is 8.13. The summed E-state index contributed by atoms with van der Waals surface area (Å²) in [5, 5.41) is 1.22. The molecule has 0 unspecified atom stereocenters. The molecule has 0 fully saturated rings. The standard InChI is InChI=1S/C21H20N2O2/c22-23(21(24)19-9-5-2-6-10-19)15-17-11-13-20(14-12-17)25-16-18-7-3-1-4-8-18/h1-14H,15-16,22H2. The van der Waals surface area contributed by atoms with E-state index < -0.39 is 0 Å². The van der Waals surface area contributed by atoms with Crippen LogP contribution in [0.25, 0.3) is 0 Å². The molecule has 0 aliphatic rings. The first-order valence-corrected chi connectivity index (χ1v) is 8.09. The summed E-state index contributed by atoms with van der Waals surface area (Å²) >= 11 is 0. The molecule has 0 atom stereocenters. The van der Waals surface area contributed by atoms with Crippen molar-refractivity contribution in [1.29, 1.82) is 0 Å². The summed E-state index contributed by atoms with van der Waals surface area (Å²) in [6.07, 6.45) is 0. The number of benzene rings is 3. The highest BCUT2D eigenvalue weighted by atomic mass is 16.5. The van der Waals surface area contributed by atoms with Crippen LogP contribution in [0.1, 0.15) is 21.5 Å². The number of carbonyl (C=O) groups excluding carboxylic acids is 1. The maximum absolute atomic E-state index is 12.3. The zero-order chi connectivity index (χ0) is 17.5. The number of nitrogens with zero attached hydrogens (tertiary/aromatic N) is 1. The molecule has 126 valence electrons. The largest absolute Gasteiger partial charge is 0.489 e. The molecule has 0 saturated carbocycles. The quantitative estimate of drug-likeness (QED) is 0.424. The van der Waals surface area contributed by atoms with E-state index in [0.29, 0.717) is 18.7 Å². The Labute approximate surface area is 147 Å². The number of nitrogens with two attached hydrogens (primary N) is 1. The van der Waals surface area contributed by atoms with Gasteiger partial charge < -0.3 is 4.74 Å². The highest BCUT2D eigenvalue weighted by molar-refractivity contribution is 5.93. The highest BCUT2D eigenvalue weighted by Gasteiger charge is 2.12. The topological polar surface area (TPSA) is 55.6 Å². The number of rotatable bonds is 6. The predicted molar refractivity (Wildman–Crippen MR) is 97.7 cm³/mol. The van der Waals surface area contributed by atoms with Crippen LogP contribution in [0.4, 0.5) is 0 Å². The Morgan fingerprint density at radius 1 is 0.800 bits per heavy atom. The van der Waals surface area contributed by atoms with E-state index in [1.165, 1.54) is 5.01 Å². The molecule has 0 spiro atoms. The van der Waals surface area contributed by atoms with E-state index in [1.54, 1.807) is 12.1 Å². The zero-order valence-electron chi connectivity index (χ0n) is 13.8. The summed E-state index contributed by atoms with van der Waals surface area (Å²) in [5.41, 5.74) is 2.64. The first-order chi connectivity index (χ1) is 12.2. The van der Waals surface area contributed by atoms with Crippen molar-refractivity contribution in [2.24, 2.45) is 5.84 Å². The van der Waals surface area contributed by atoms with Gasteiger partial charge in [-0.05, 0) is 35.4 Å². The summed E-state index contributed by atoms with van der Waals surface area (Å²) in [5.74, 6) is 6.49.